The van der Waals surface area contributed by atoms with Gasteiger partial charge in [0.1, 0.15) is 11.4 Å². The number of esters is 1. The van der Waals surface area contributed by atoms with Crippen LogP contribution in [0, 0.1) is 0 Å². The number of methoxy groups -OCH3 is 1. The van der Waals surface area contributed by atoms with E-state index in [4.69, 9.17) is 0 Å². The van der Waals surface area contributed by atoms with E-state index in [1.54, 1.807) is 12.5 Å². The summed E-state index contributed by atoms with van der Waals surface area (Å²) in [4.78, 5) is 22.6. The summed E-state index contributed by atoms with van der Waals surface area (Å²) in [5, 5.41) is 0. The van der Waals surface area contributed by atoms with Gasteiger partial charge >= 0.3 is 5.97 Å². The molecule has 0 bridgehead atoms. The van der Waals surface area contributed by atoms with Crippen LogP contribution < -0.4 is 0 Å². The summed E-state index contributed by atoms with van der Waals surface area (Å²) in [5.41, 5.74) is 1.26. The van der Waals surface area contributed by atoms with Crippen molar-refractivity contribution in [2.45, 2.75) is 18.9 Å². The number of nitrogens with zero attached hydrogens (tertiary/aromatic N) is 3. The third-order valence-corrected chi connectivity index (χ3v) is 2.83. The van der Waals surface area contributed by atoms with E-state index in [-0.39, 0.29) is 0 Å². The predicted octanol–water partition coefficient (Wildman–Crippen LogP) is 1.39. The standard InChI is InChI=1S/C11H12N4O2/c1-17-11(16)8-4-13-10(14-8)9-5-12-6-15(9)7-2-3-7/h4-7H,2-3H2,1H3,(H,13,14). The molecule has 1 fully saturated rings. The molecule has 2 aromatic rings. The molecular weight excluding hydrogens is 220 g/mol. The summed E-state index contributed by atoms with van der Waals surface area (Å²) in [6.45, 7) is 0. The average Bonchev–Trinajstić information content (AvgIpc) is 2.91. The number of aromatic amines is 1. The Bertz CT molecular complexity index is 553. The highest BCUT2D eigenvalue weighted by Gasteiger charge is 2.26. The molecule has 2 aromatic heterocycles. The average molecular weight is 232 g/mol. The van der Waals surface area contributed by atoms with Gasteiger partial charge in [-0.05, 0) is 12.8 Å². The van der Waals surface area contributed by atoms with E-state index < -0.39 is 5.97 Å². The molecule has 0 aliphatic heterocycles. The molecule has 6 nitrogen and oxygen atoms in total. The Morgan fingerprint density at radius 2 is 2.35 bits per heavy atom. The van der Waals surface area contributed by atoms with Crippen LogP contribution in [-0.2, 0) is 4.74 Å². The van der Waals surface area contributed by atoms with Crippen molar-refractivity contribution in [3.63, 3.8) is 0 Å². The Balaban J connectivity index is 1.95. The van der Waals surface area contributed by atoms with Crippen molar-refractivity contribution in [2.24, 2.45) is 0 Å². The molecular formula is C11H12N4O2. The maximum Gasteiger partial charge on any atom is 0.356 e. The molecule has 1 N–H and O–H groups in total. The van der Waals surface area contributed by atoms with Crippen molar-refractivity contribution in [1.82, 2.24) is 19.5 Å². The molecule has 17 heavy (non-hydrogen) atoms. The first-order valence-corrected chi connectivity index (χ1v) is 5.45. The molecule has 0 saturated heterocycles. The highest BCUT2D eigenvalue weighted by atomic mass is 16.5. The topological polar surface area (TPSA) is 72.8 Å². The van der Waals surface area contributed by atoms with Crippen molar-refractivity contribution in [1.29, 1.82) is 0 Å². The minimum atomic E-state index is -0.416. The third-order valence-electron chi connectivity index (χ3n) is 2.83. The van der Waals surface area contributed by atoms with Crippen LogP contribution in [0.3, 0.4) is 0 Å². The van der Waals surface area contributed by atoms with Gasteiger partial charge in [-0.2, -0.15) is 0 Å². The van der Waals surface area contributed by atoms with Crippen LogP contribution in [0.15, 0.2) is 18.7 Å². The van der Waals surface area contributed by atoms with Crippen LogP contribution >= 0.6 is 0 Å². The van der Waals surface area contributed by atoms with Gasteiger partial charge in [0.2, 0.25) is 0 Å². The van der Waals surface area contributed by atoms with Crippen molar-refractivity contribution >= 4 is 5.97 Å². The normalized spacial score (nSPS) is 14.9. The lowest BCUT2D eigenvalue weighted by Crippen LogP contribution is -2.01. The van der Waals surface area contributed by atoms with Crippen molar-refractivity contribution in [3.05, 3.63) is 24.4 Å². The minimum absolute atomic E-state index is 0.353. The van der Waals surface area contributed by atoms with Crippen LogP contribution in [-0.4, -0.2) is 32.6 Å². The smallest absolute Gasteiger partial charge is 0.356 e. The first-order valence-electron chi connectivity index (χ1n) is 5.45. The molecule has 6 heteroatoms. The lowest BCUT2D eigenvalue weighted by atomic mass is 10.4. The maximum absolute atomic E-state index is 11.3. The summed E-state index contributed by atoms with van der Waals surface area (Å²) in [5.74, 6) is 0.232. The lowest BCUT2D eigenvalue weighted by molar-refractivity contribution is 0.0595. The largest absolute Gasteiger partial charge is 0.464 e. The fourth-order valence-electron chi connectivity index (χ4n) is 1.80. The zero-order chi connectivity index (χ0) is 11.8. The summed E-state index contributed by atoms with van der Waals surface area (Å²) in [6, 6.07) is 0.527. The van der Waals surface area contributed by atoms with Crippen molar-refractivity contribution in [3.8, 4) is 11.5 Å². The Kier molecular flexibility index (Phi) is 2.21. The first kappa shape index (κ1) is 10.1. The van der Waals surface area contributed by atoms with Gasteiger partial charge in [0, 0.05) is 6.04 Å². The van der Waals surface area contributed by atoms with Gasteiger partial charge in [0.15, 0.2) is 5.82 Å². The number of carbonyl (C=O) groups excluding carboxylic acids is 1. The molecule has 1 aliphatic carbocycles. The Labute approximate surface area is 97.7 Å². The summed E-state index contributed by atoms with van der Waals surface area (Å²) in [6.07, 6.45) is 7.37. The second-order valence-corrected chi connectivity index (χ2v) is 4.05. The molecule has 0 atom stereocenters. The number of hydrogen-bond acceptors (Lipinski definition) is 4. The molecule has 88 valence electrons. The fraction of sp³-hybridized carbons (Fsp3) is 0.364. The lowest BCUT2D eigenvalue weighted by Gasteiger charge is -2.02. The number of rotatable bonds is 3. The van der Waals surface area contributed by atoms with Gasteiger partial charge in [-0.1, -0.05) is 0 Å². The monoisotopic (exact) mass is 232 g/mol. The highest BCUT2D eigenvalue weighted by Crippen LogP contribution is 2.37. The van der Waals surface area contributed by atoms with E-state index in [9.17, 15) is 4.79 Å². The minimum Gasteiger partial charge on any atom is -0.464 e. The van der Waals surface area contributed by atoms with E-state index in [2.05, 4.69) is 24.3 Å². The van der Waals surface area contributed by atoms with Gasteiger partial charge in [0.25, 0.3) is 0 Å². The first-order chi connectivity index (χ1) is 8.29. The molecule has 1 saturated carbocycles. The summed E-state index contributed by atoms with van der Waals surface area (Å²) < 4.78 is 6.71. The second-order valence-electron chi connectivity index (χ2n) is 4.05. The van der Waals surface area contributed by atoms with Gasteiger partial charge in [-0.25, -0.2) is 14.8 Å². The summed E-state index contributed by atoms with van der Waals surface area (Å²) >= 11 is 0. The zero-order valence-electron chi connectivity index (χ0n) is 9.38. The van der Waals surface area contributed by atoms with E-state index in [1.807, 2.05) is 0 Å². The van der Waals surface area contributed by atoms with E-state index in [0.29, 0.717) is 17.6 Å². The molecule has 3 rings (SSSR count). The molecule has 1 aliphatic rings. The van der Waals surface area contributed by atoms with Gasteiger partial charge < -0.3 is 14.3 Å². The third kappa shape index (κ3) is 1.71. The number of ether oxygens (including phenoxy) is 1. The zero-order valence-corrected chi connectivity index (χ0v) is 9.38. The number of hydrogen-bond donors (Lipinski definition) is 1. The molecule has 0 spiro atoms. The molecule has 2 heterocycles. The number of carbonyl (C=O) groups is 1. The molecule has 0 unspecified atom stereocenters. The van der Waals surface area contributed by atoms with Gasteiger partial charge in [-0.3, -0.25) is 0 Å². The van der Waals surface area contributed by atoms with Crippen molar-refractivity contribution < 1.29 is 9.53 Å². The van der Waals surface area contributed by atoms with Crippen LogP contribution in [0.5, 0.6) is 0 Å². The van der Waals surface area contributed by atoms with Crippen molar-refractivity contribution in [2.75, 3.05) is 7.11 Å². The van der Waals surface area contributed by atoms with Crippen LogP contribution in [0.1, 0.15) is 29.4 Å². The number of aromatic nitrogens is 4. The Morgan fingerprint density at radius 3 is 3.06 bits per heavy atom. The molecule has 0 aromatic carbocycles. The Morgan fingerprint density at radius 1 is 1.53 bits per heavy atom. The van der Waals surface area contributed by atoms with E-state index >= 15 is 0 Å². The molecule has 0 amide bonds. The maximum atomic E-state index is 11.3. The van der Waals surface area contributed by atoms with Crippen LogP contribution in [0.25, 0.3) is 11.5 Å². The fourth-order valence-corrected chi connectivity index (χ4v) is 1.80. The SMILES string of the molecule is COC(=O)c1cnc(-c2cncn2C2CC2)[nH]1. The Hall–Kier alpha value is -2.11. The number of nitrogens with one attached hydrogen (secondary N) is 1. The van der Waals surface area contributed by atoms with Gasteiger partial charge in [0.05, 0.1) is 25.8 Å². The van der Waals surface area contributed by atoms with Crippen LogP contribution in [0.2, 0.25) is 0 Å². The predicted molar refractivity (Wildman–Crippen MR) is 59.4 cm³/mol. The van der Waals surface area contributed by atoms with Gasteiger partial charge in [-0.15, -0.1) is 0 Å². The second kappa shape index (κ2) is 3.73. The van der Waals surface area contributed by atoms with E-state index in [0.717, 1.165) is 5.69 Å². The summed E-state index contributed by atoms with van der Waals surface area (Å²) in [7, 11) is 1.34. The number of imidazole rings is 2. The molecule has 0 radical (unpaired) electrons. The quantitative estimate of drug-likeness (QED) is 0.812. The van der Waals surface area contributed by atoms with E-state index in [1.165, 1.54) is 26.1 Å². The van der Waals surface area contributed by atoms with Crippen LogP contribution in [0.4, 0.5) is 0 Å². The number of H-pyrrole nitrogens is 1. The highest BCUT2D eigenvalue weighted by molar-refractivity contribution is 5.87.